The van der Waals surface area contributed by atoms with Gasteiger partial charge in [0, 0.05) is 17.2 Å². The molecule has 0 aliphatic carbocycles. The fourth-order valence-corrected chi connectivity index (χ4v) is 1.44. The Labute approximate surface area is 107 Å². The number of carbonyl (C=O) groups is 2. The van der Waals surface area contributed by atoms with E-state index in [9.17, 15) is 19.7 Å². The number of benzene rings is 1. The number of rotatable bonds is 5. The van der Waals surface area contributed by atoms with E-state index in [1.807, 2.05) is 0 Å². The minimum Gasteiger partial charge on any atom is -0.479 e. The van der Waals surface area contributed by atoms with Gasteiger partial charge in [0.25, 0.3) is 11.6 Å². The molecule has 1 atom stereocenters. The molecule has 0 aliphatic rings. The highest BCUT2D eigenvalue weighted by atomic mass is 16.6. The number of hydrogen-bond acceptors (Lipinski definition) is 5. The van der Waals surface area contributed by atoms with E-state index < -0.39 is 29.4 Å². The number of carboxylic acid groups (broad SMARTS) is 1. The van der Waals surface area contributed by atoms with Crippen LogP contribution in [-0.2, 0) is 4.79 Å². The molecule has 8 nitrogen and oxygen atoms in total. The molecule has 1 rings (SSSR count). The molecule has 0 bridgehead atoms. The third-order valence-electron chi connectivity index (χ3n) is 2.49. The lowest BCUT2D eigenvalue weighted by Gasteiger charge is -2.09. The van der Waals surface area contributed by atoms with Crippen molar-refractivity contribution in [3.63, 3.8) is 0 Å². The summed E-state index contributed by atoms with van der Waals surface area (Å²) in [6.45, 7) is 0.941. The second-order valence-electron chi connectivity index (χ2n) is 3.77. The number of aliphatic carboxylic acids is 1. The molecule has 0 aliphatic heterocycles. The number of aliphatic hydroxyl groups excluding tert-OH is 1. The minimum absolute atomic E-state index is 0.0618. The zero-order valence-corrected chi connectivity index (χ0v) is 9.99. The summed E-state index contributed by atoms with van der Waals surface area (Å²) in [6, 6.07) is 4.00. The quantitative estimate of drug-likeness (QED) is 0.512. The maximum Gasteiger partial charge on any atom is 0.334 e. The minimum atomic E-state index is -1.72. The molecule has 0 aromatic heterocycles. The zero-order chi connectivity index (χ0) is 14.6. The van der Waals surface area contributed by atoms with Crippen molar-refractivity contribution in [2.45, 2.75) is 13.0 Å². The van der Waals surface area contributed by atoms with Crippen LogP contribution in [0.15, 0.2) is 18.2 Å². The van der Waals surface area contributed by atoms with Gasteiger partial charge in [-0.05, 0) is 13.0 Å². The van der Waals surface area contributed by atoms with E-state index in [1.165, 1.54) is 25.1 Å². The van der Waals surface area contributed by atoms with Crippen molar-refractivity contribution in [1.82, 2.24) is 5.32 Å². The van der Waals surface area contributed by atoms with Gasteiger partial charge in [-0.15, -0.1) is 0 Å². The largest absolute Gasteiger partial charge is 0.479 e. The number of nitro benzene ring substituents is 1. The van der Waals surface area contributed by atoms with Crippen LogP contribution < -0.4 is 5.32 Å². The first-order chi connectivity index (χ1) is 8.84. The van der Waals surface area contributed by atoms with Gasteiger partial charge in [-0.25, -0.2) is 4.79 Å². The Bertz CT molecular complexity index is 528. The highest BCUT2D eigenvalue weighted by molar-refractivity contribution is 5.96. The Kier molecular flexibility index (Phi) is 4.54. The van der Waals surface area contributed by atoms with Crippen molar-refractivity contribution in [3.8, 4) is 0 Å². The van der Waals surface area contributed by atoms with Gasteiger partial charge in [-0.1, -0.05) is 6.07 Å². The van der Waals surface area contributed by atoms with E-state index in [2.05, 4.69) is 5.32 Å². The summed E-state index contributed by atoms with van der Waals surface area (Å²) < 4.78 is 0. The van der Waals surface area contributed by atoms with Crippen molar-refractivity contribution in [1.29, 1.82) is 0 Å². The van der Waals surface area contributed by atoms with Gasteiger partial charge < -0.3 is 15.5 Å². The average Bonchev–Trinajstić information content (AvgIpc) is 2.35. The van der Waals surface area contributed by atoms with Gasteiger partial charge in [0.2, 0.25) is 0 Å². The van der Waals surface area contributed by atoms with Gasteiger partial charge in [-0.2, -0.15) is 0 Å². The van der Waals surface area contributed by atoms with Crippen LogP contribution in [0.4, 0.5) is 5.69 Å². The molecule has 3 N–H and O–H groups in total. The molecule has 19 heavy (non-hydrogen) atoms. The summed E-state index contributed by atoms with van der Waals surface area (Å²) in [5.74, 6) is -2.14. The van der Waals surface area contributed by atoms with Crippen molar-refractivity contribution >= 4 is 17.6 Å². The van der Waals surface area contributed by atoms with Crippen LogP contribution in [0.1, 0.15) is 15.9 Å². The monoisotopic (exact) mass is 268 g/mol. The molecule has 0 heterocycles. The molecule has 1 aromatic rings. The molecule has 0 saturated carbocycles. The lowest BCUT2D eigenvalue weighted by Crippen LogP contribution is -2.36. The number of nitrogens with one attached hydrogen (secondary N) is 1. The molecular formula is C11H12N2O6. The first kappa shape index (κ1) is 14.6. The van der Waals surface area contributed by atoms with E-state index in [-0.39, 0.29) is 16.8 Å². The average molecular weight is 268 g/mol. The van der Waals surface area contributed by atoms with Crippen LogP contribution in [0.2, 0.25) is 0 Å². The standard InChI is InChI=1S/C11H12N2O6/c1-6-7(3-2-4-8(6)13(18)19)10(15)12-5-9(14)11(16)17/h2-4,9,14H,5H2,1H3,(H,12,15)(H,16,17). The van der Waals surface area contributed by atoms with E-state index >= 15 is 0 Å². The number of amides is 1. The molecular weight excluding hydrogens is 256 g/mol. The van der Waals surface area contributed by atoms with E-state index in [1.54, 1.807) is 0 Å². The summed E-state index contributed by atoms with van der Waals surface area (Å²) in [4.78, 5) is 32.2. The maximum atomic E-state index is 11.7. The predicted molar refractivity (Wildman–Crippen MR) is 63.8 cm³/mol. The SMILES string of the molecule is Cc1c(C(=O)NCC(O)C(=O)O)cccc1[N+](=O)[O-]. The van der Waals surface area contributed by atoms with Crippen LogP contribution in [0, 0.1) is 17.0 Å². The van der Waals surface area contributed by atoms with Gasteiger partial charge >= 0.3 is 5.97 Å². The van der Waals surface area contributed by atoms with E-state index in [0.29, 0.717) is 0 Å². The van der Waals surface area contributed by atoms with Crippen LogP contribution in [-0.4, -0.2) is 39.7 Å². The maximum absolute atomic E-state index is 11.7. The molecule has 1 unspecified atom stereocenters. The van der Waals surface area contributed by atoms with Crippen LogP contribution in [0.25, 0.3) is 0 Å². The van der Waals surface area contributed by atoms with Gasteiger partial charge in [0.05, 0.1) is 11.5 Å². The molecule has 1 amide bonds. The molecule has 1 aromatic carbocycles. The number of carbonyl (C=O) groups excluding carboxylic acids is 1. The summed E-state index contributed by atoms with van der Waals surface area (Å²) in [5.41, 5.74) is 0.0352. The van der Waals surface area contributed by atoms with Crippen molar-refractivity contribution < 1.29 is 24.7 Å². The van der Waals surface area contributed by atoms with Gasteiger partial charge in [-0.3, -0.25) is 14.9 Å². The Morgan fingerprint density at radius 3 is 2.63 bits per heavy atom. The molecule has 102 valence electrons. The second kappa shape index (κ2) is 5.91. The topological polar surface area (TPSA) is 130 Å². The molecule has 8 heteroatoms. The van der Waals surface area contributed by atoms with Crippen molar-refractivity contribution in [2.75, 3.05) is 6.54 Å². The van der Waals surface area contributed by atoms with Crippen LogP contribution in [0.5, 0.6) is 0 Å². The molecule has 0 spiro atoms. The summed E-state index contributed by atoms with van der Waals surface area (Å²) >= 11 is 0. The number of nitro groups is 1. The smallest absolute Gasteiger partial charge is 0.334 e. The first-order valence-electron chi connectivity index (χ1n) is 5.27. The highest BCUT2D eigenvalue weighted by Gasteiger charge is 2.19. The summed E-state index contributed by atoms with van der Waals surface area (Å²) in [6.07, 6.45) is -1.72. The summed E-state index contributed by atoms with van der Waals surface area (Å²) in [5, 5.41) is 30.4. The molecule has 0 radical (unpaired) electrons. The number of hydrogen-bond donors (Lipinski definition) is 3. The Balaban J connectivity index is 2.86. The Hall–Kier alpha value is -2.48. The highest BCUT2D eigenvalue weighted by Crippen LogP contribution is 2.20. The Morgan fingerprint density at radius 2 is 2.11 bits per heavy atom. The first-order valence-corrected chi connectivity index (χ1v) is 5.27. The third kappa shape index (κ3) is 3.49. The second-order valence-corrected chi connectivity index (χ2v) is 3.77. The third-order valence-corrected chi connectivity index (χ3v) is 2.49. The lowest BCUT2D eigenvalue weighted by atomic mass is 10.1. The number of aliphatic hydroxyl groups is 1. The van der Waals surface area contributed by atoms with E-state index in [0.717, 1.165) is 0 Å². The van der Waals surface area contributed by atoms with Crippen molar-refractivity contribution in [2.24, 2.45) is 0 Å². The Morgan fingerprint density at radius 1 is 1.47 bits per heavy atom. The van der Waals surface area contributed by atoms with Gasteiger partial charge in [0.15, 0.2) is 6.10 Å². The van der Waals surface area contributed by atoms with Crippen molar-refractivity contribution in [3.05, 3.63) is 39.4 Å². The molecule has 0 saturated heterocycles. The normalized spacial score (nSPS) is 11.7. The summed E-state index contributed by atoms with van der Waals surface area (Å²) in [7, 11) is 0. The zero-order valence-electron chi connectivity index (χ0n) is 9.99. The van der Waals surface area contributed by atoms with Gasteiger partial charge in [0.1, 0.15) is 0 Å². The predicted octanol–water partition coefficient (Wildman–Crippen LogP) is 0.0785. The number of nitrogens with zero attached hydrogens (tertiary/aromatic N) is 1. The fraction of sp³-hybridized carbons (Fsp3) is 0.273. The van der Waals surface area contributed by atoms with Crippen LogP contribution >= 0.6 is 0 Å². The number of carboxylic acids is 1. The fourth-order valence-electron chi connectivity index (χ4n) is 1.44. The van der Waals surface area contributed by atoms with E-state index in [4.69, 9.17) is 10.2 Å². The van der Waals surface area contributed by atoms with Crippen LogP contribution in [0.3, 0.4) is 0 Å². The molecule has 0 fully saturated rings. The lowest BCUT2D eigenvalue weighted by molar-refractivity contribution is -0.385.